The Morgan fingerprint density at radius 2 is 2.30 bits per heavy atom. The molecule has 112 valence electrons. The van der Waals surface area contributed by atoms with Crippen molar-refractivity contribution < 1.29 is 4.79 Å². The molecule has 2 rings (SSSR count). The molecule has 1 aromatic rings. The van der Waals surface area contributed by atoms with Crippen molar-refractivity contribution in [2.24, 2.45) is 11.8 Å². The van der Waals surface area contributed by atoms with Crippen molar-refractivity contribution in [1.29, 1.82) is 0 Å². The molecular weight excluding hydrogens is 270 g/mol. The van der Waals surface area contributed by atoms with Crippen LogP contribution in [0.3, 0.4) is 0 Å². The van der Waals surface area contributed by atoms with Gasteiger partial charge in [0.25, 0.3) is 5.91 Å². The largest absolute Gasteiger partial charge is 0.397 e. The van der Waals surface area contributed by atoms with Gasteiger partial charge in [-0.1, -0.05) is 20.3 Å². The molecule has 0 bridgehead atoms. The molecule has 0 saturated heterocycles. The van der Waals surface area contributed by atoms with E-state index in [1.807, 2.05) is 13.0 Å². The second-order valence-electron chi connectivity index (χ2n) is 5.82. The van der Waals surface area contributed by atoms with Crippen LogP contribution in [0.1, 0.15) is 49.2 Å². The number of nitrogens with two attached hydrogens (primary N) is 1. The number of nitrogen functional groups attached to an aromatic ring is 1. The highest BCUT2D eigenvalue weighted by Crippen LogP contribution is 2.33. The van der Waals surface area contributed by atoms with Gasteiger partial charge in [-0.2, -0.15) is 0 Å². The molecule has 1 aliphatic carbocycles. The van der Waals surface area contributed by atoms with E-state index in [1.165, 1.54) is 30.6 Å². The Hall–Kier alpha value is -1.23. The predicted molar refractivity (Wildman–Crippen MR) is 86.4 cm³/mol. The maximum atomic E-state index is 11.9. The van der Waals surface area contributed by atoms with Crippen molar-refractivity contribution in [1.82, 2.24) is 5.32 Å². The van der Waals surface area contributed by atoms with Crippen LogP contribution in [0.25, 0.3) is 0 Å². The van der Waals surface area contributed by atoms with E-state index in [9.17, 15) is 4.79 Å². The van der Waals surface area contributed by atoms with Crippen LogP contribution in [0.4, 0.5) is 10.7 Å². The smallest absolute Gasteiger partial charge is 0.263 e. The second-order valence-corrected chi connectivity index (χ2v) is 6.87. The molecule has 0 spiro atoms. The first-order valence-electron chi connectivity index (χ1n) is 7.51. The molecule has 1 amide bonds. The Morgan fingerprint density at radius 3 is 2.95 bits per heavy atom. The fraction of sp³-hybridized carbons (Fsp3) is 0.667. The first-order valence-corrected chi connectivity index (χ1v) is 8.33. The Bertz CT molecular complexity index is 458. The molecule has 1 aromatic heterocycles. The molecule has 1 aliphatic rings. The van der Waals surface area contributed by atoms with Crippen LogP contribution < -0.4 is 16.4 Å². The molecule has 1 saturated carbocycles. The van der Waals surface area contributed by atoms with Crippen LogP contribution >= 0.6 is 11.3 Å². The average molecular weight is 295 g/mol. The van der Waals surface area contributed by atoms with Gasteiger partial charge in [0.1, 0.15) is 4.88 Å². The summed E-state index contributed by atoms with van der Waals surface area (Å²) >= 11 is 1.45. The van der Waals surface area contributed by atoms with Crippen LogP contribution in [0.15, 0.2) is 6.07 Å². The van der Waals surface area contributed by atoms with Crippen molar-refractivity contribution in [2.75, 3.05) is 24.1 Å². The minimum absolute atomic E-state index is 0.0584. The lowest BCUT2D eigenvalue weighted by molar-refractivity contribution is 0.0958. The Labute approximate surface area is 125 Å². The summed E-state index contributed by atoms with van der Waals surface area (Å²) in [5.74, 6) is 1.55. The fourth-order valence-corrected chi connectivity index (χ4v) is 3.65. The molecule has 1 heterocycles. The molecule has 20 heavy (non-hydrogen) atoms. The third kappa shape index (κ3) is 3.88. The van der Waals surface area contributed by atoms with E-state index < -0.39 is 0 Å². The van der Waals surface area contributed by atoms with Gasteiger partial charge >= 0.3 is 0 Å². The summed E-state index contributed by atoms with van der Waals surface area (Å²) in [5, 5.41) is 7.31. The lowest BCUT2D eigenvalue weighted by atomic mass is 10.1. The van der Waals surface area contributed by atoms with Crippen molar-refractivity contribution in [2.45, 2.75) is 39.5 Å². The zero-order valence-corrected chi connectivity index (χ0v) is 13.2. The van der Waals surface area contributed by atoms with Crippen molar-refractivity contribution in [3.8, 4) is 0 Å². The van der Waals surface area contributed by atoms with Gasteiger partial charge in [0.15, 0.2) is 0 Å². The fourth-order valence-electron chi connectivity index (χ4n) is 2.74. The third-order valence-electron chi connectivity index (χ3n) is 3.87. The van der Waals surface area contributed by atoms with Crippen molar-refractivity contribution >= 4 is 27.9 Å². The first-order chi connectivity index (χ1) is 9.60. The topological polar surface area (TPSA) is 67.2 Å². The van der Waals surface area contributed by atoms with Gasteiger partial charge in [0.2, 0.25) is 0 Å². The molecular formula is C15H25N3OS. The van der Waals surface area contributed by atoms with E-state index in [2.05, 4.69) is 17.6 Å². The summed E-state index contributed by atoms with van der Waals surface area (Å²) in [6, 6.07) is 1.88. The average Bonchev–Trinajstić information content (AvgIpc) is 2.99. The molecule has 2 unspecified atom stereocenters. The number of rotatable bonds is 6. The maximum absolute atomic E-state index is 11.9. The molecule has 4 N–H and O–H groups in total. The molecule has 0 aliphatic heterocycles. The van der Waals surface area contributed by atoms with Crippen LogP contribution in [0, 0.1) is 11.8 Å². The summed E-state index contributed by atoms with van der Waals surface area (Å²) in [6.45, 7) is 6.03. The number of hydrogen-bond acceptors (Lipinski definition) is 4. The Morgan fingerprint density at radius 1 is 1.50 bits per heavy atom. The van der Waals surface area contributed by atoms with E-state index in [4.69, 9.17) is 5.73 Å². The van der Waals surface area contributed by atoms with Gasteiger partial charge in [0, 0.05) is 13.1 Å². The SMILES string of the molecule is CCCNC(=O)c1sc(NCC2CCC(C)C2)cc1N. The lowest BCUT2D eigenvalue weighted by Crippen LogP contribution is -2.23. The van der Waals surface area contributed by atoms with E-state index in [0.717, 1.165) is 29.8 Å². The first kappa shape index (κ1) is 15.2. The monoisotopic (exact) mass is 295 g/mol. The van der Waals surface area contributed by atoms with Crippen molar-refractivity contribution in [3.63, 3.8) is 0 Å². The quantitative estimate of drug-likeness (QED) is 0.754. The zero-order chi connectivity index (χ0) is 14.5. The van der Waals surface area contributed by atoms with Crippen LogP contribution in [0.5, 0.6) is 0 Å². The molecule has 0 aromatic carbocycles. The summed E-state index contributed by atoms with van der Waals surface area (Å²) in [6.07, 6.45) is 4.88. The van der Waals surface area contributed by atoms with E-state index in [1.54, 1.807) is 0 Å². The number of hydrogen-bond donors (Lipinski definition) is 3. The van der Waals surface area contributed by atoms with Gasteiger partial charge in [-0.05, 0) is 37.2 Å². The highest BCUT2D eigenvalue weighted by molar-refractivity contribution is 7.18. The standard InChI is InChI=1S/C15H25N3OS/c1-3-6-17-15(19)14-12(16)8-13(20-14)18-9-11-5-4-10(2)7-11/h8,10-11,18H,3-7,9,16H2,1-2H3,(H,17,19). The van der Waals surface area contributed by atoms with E-state index >= 15 is 0 Å². The van der Waals surface area contributed by atoms with Crippen LogP contribution in [-0.4, -0.2) is 19.0 Å². The molecule has 2 atom stereocenters. The summed E-state index contributed by atoms with van der Waals surface area (Å²) < 4.78 is 0. The molecule has 4 nitrogen and oxygen atoms in total. The minimum atomic E-state index is -0.0584. The highest BCUT2D eigenvalue weighted by atomic mass is 32.1. The van der Waals surface area contributed by atoms with Gasteiger partial charge in [-0.3, -0.25) is 4.79 Å². The van der Waals surface area contributed by atoms with Gasteiger partial charge in [0.05, 0.1) is 10.7 Å². The van der Waals surface area contributed by atoms with Crippen LogP contribution in [0.2, 0.25) is 0 Å². The number of thiophene rings is 1. The van der Waals surface area contributed by atoms with E-state index in [-0.39, 0.29) is 5.91 Å². The normalized spacial score (nSPS) is 21.9. The predicted octanol–water partition coefficient (Wildman–Crippen LogP) is 3.32. The summed E-state index contributed by atoms with van der Waals surface area (Å²) in [5.41, 5.74) is 6.50. The number of amides is 1. The summed E-state index contributed by atoms with van der Waals surface area (Å²) in [7, 11) is 0. The molecule has 5 heteroatoms. The number of carbonyl (C=O) groups excluding carboxylic acids is 1. The molecule has 1 fully saturated rings. The van der Waals surface area contributed by atoms with E-state index in [0.29, 0.717) is 17.1 Å². The maximum Gasteiger partial charge on any atom is 0.263 e. The summed E-state index contributed by atoms with van der Waals surface area (Å²) in [4.78, 5) is 12.6. The van der Waals surface area contributed by atoms with Gasteiger partial charge in [-0.15, -0.1) is 11.3 Å². The zero-order valence-electron chi connectivity index (χ0n) is 12.4. The lowest BCUT2D eigenvalue weighted by Gasteiger charge is -2.10. The van der Waals surface area contributed by atoms with Gasteiger partial charge < -0.3 is 16.4 Å². The number of anilines is 2. The van der Waals surface area contributed by atoms with Crippen LogP contribution in [-0.2, 0) is 0 Å². The minimum Gasteiger partial charge on any atom is -0.397 e. The van der Waals surface area contributed by atoms with Crippen molar-refractivity contribution in [3.05, 3.63) is 10.9 Å². The number of nitrogens with one attached hydrogen (secondary N) is 2. The highest BCUT2D eigenvalue weighted by Gasteiger charge is 2.21. The molecule has 0 radical (unpaired) electrons. The second kappa shape index (κ2) is 6.97. The third-order valence-corrected chi connectivity index (χ3v) is 4.98. The Kier molecular flexibility index (Phi) is 5.29. The number of carbonyl (C=O) groups is 1. The van der Waals surface area contributed by atoms with Gasteiger partial charge in [-0.25, -0.2) is 0 Å². The Balaban J connectivity index is 1.88.